The number of benzene rings is 1. The molecule has 1 aromatic heterocycles. The van der Waals surface area contributed by atoms with Crippen LogP contribution in [0.5, 0.6) is 0 Å². The molecule has 0 aliphatic carbocycles. The molecule has 2 aromatic rings. The Morgan fingerprint density at radius 3 is 2.75 bits per heavy atom. The lowest BCUT2D eigenvalue weighted by Gasteiger charge is -2.07. The SMILES string of the molecule is O=c1ccccn1Cc1ccc(F)cc1Br. The fraction of sp³-hybridized carbons (Fsp3) is 0.0833. The fourth-order valence-corrected chi connectivity index (χ4v) is 1.90. The molecule has 2 nitrogen and oxygen atoms in total. The summed E-state index contributed by atoms with van der Waals surface area (Å²) in [6.07, 6.45) is 1.71. The minimum atomic E-state index is -0.295. The first-order chi connectivity index (χ1) is 7.66. The summed E-state index contributed by atoms with van der Waals surface area (Å²) in [5.41, 5.74) is 0.799. The van der Waals surface area contributed by atoms with Crippen LogP contribution in [0.4, 0.5) is 4.39 Å². The third-order valence-electron chi connectivity index (χ3n) is 2.25. The van der Waals surface area contributed by atoms with Crippen molar-refractivity contribution < 1.29 is 4.39 Å². The summed E-state index contributed by atoms with van der Waals surface area (Å²) < 4.78 is 15.1. The van der Waals surface area contributed by atoms with Gasteiger partial charge in [0, 0.05) is 16.7 Å². The molecule has 2 rings (SSSR count). The number of aromatic nitrogens is 1. The highest BCUT2D eigenvalue weighted by molar-refractivity contribution is 9.10. The van der Waals surface area contributed by atoms with E-state index < -0.39 is 0 Å². The molecule has 0 N–H and O–H groups in total. The van der Waals surface area contributed by atoms with Crippen molar-refractivity contribution in [2.45, 2.75) is 6.54 Å². The van der Waals surface area contributed by atoms with E-state index in [2.05, 4.69) is 15.9 Å². The molecule has 0 spiro atoms. The third kappa shape index (κ3) is 2.39. The van der Waals surface area contributed by atoms with Gasteiger partial charge < -0.3 is 4.57 Å². The number of halogens is 2. The van der Waals surface area contributed by atoms with E-state index in [1.54, 1.807) is 29.0 Å². The number of nitrogens with zero attached hydrogens (tertiary/aromatic N) is 1. The summed E-state index contributed by atoms with van der Waals surface area (Å²) in [4.78, 5) is 11.5. The predicted molar refractivity (Wildman–Crippen MR) is 63.9 cm³/mol. The quantitative estimate of drug-likeness (QED) is 0.830. The van der Waals surface area contributed by atoms with E-state index in [0.29, 0.717) is 11.0 Å². The Morgan fingerprint density at radius 2 is 2.06 bits per heavy atom. The molecule has 0 atom stereocenters. The van der Waals surface area contributed by atoms with Crippen molar-refractivity contribution in [2.24, 2.45) is 0 Å². The second-order valence-corrected chi connectivity index (χ2v) is 4.26. The van der Waals surface area contributed by atoms with Crippen LogP contribution in [0.25, 0.3) is 0 Å². The molecule has 0 saturated carbocycles. The highest BCUT2D eigenvalue weighted by Crippen LogP contribution is 2.18. The summed E-state index contributed by atoms with van der Waals surface area (Å²) in [5, 5.41) is 0. The van der Waals surface area contributed by atoms with Gasteiger partial charge in [-0.25, -0.2) is 4.39 Å². The summed E-state index contributed by atoms with van der Waals surface area (Å²) >= 11 is 3.27. The Bertz CT molecular complexity index is 565. The minimum absolute atomic E-state index is 0.0706. The Kier molecular flexibility index (Phi) is 3.19. The minimum Gasteiger partial charge on any atom is -0.311 e. The van der Waals surface area contributed by atoms with E-state index in [1.807, 2.05) is 0 Å². The molecule has 0 aliphatic heterocycles. The zero-order chi connectivity index (χ0) is 11.5. The van der Waals surface area contributed by atoms with Crippen LogP contribution in [0.1, 0.15) is 5.56 Å². The summed E-state index contributed by atoms with van der Waals surface area (Å²) in [6.45, 7) is 0.431. The lowest BCUT2D eigenvalue weighted by molar-refractivity contribution is 0.624. The van der Waals surface area contributed by atoms with Gasteiger partial charge in [-0.1, -0.05) is 28.1 Å². The molecule has 4 heteroatoms. The third-order valence-corrected chi connectivity index (χ3v) is 2.99. The van der Waals surface area contributed by atoms with Crippen LogP contribution in [-0.4, -0.2) is 4.57 Å². The van der Waals surface area contributed by atoms with E-state index >= 15 is 0 Å². The van der Waals surface area contributed by atoms with Gasteiger partial charge in [-0.2, -0.15) is 0 Å². The molecule has 16 heavy (non-hydrogen) atoms. The first-order valence-electron chi connectivity index (χ1n) is 4.76. The topological polar surface area (TPSA) is 22.0 Å². The first kappa shape index (κ1) is 11.1. The normalized spacial score (nSPS) is 10.4. The van der Waals surface area contributed by atoms with Crippen molar-refractivity contribution in [1.29, 1.82) is 0 Å². The standard InChI is InChI=1S/C12H9BrFNO/c13-11-7-10(14)5-4-9(11)8-15-6-2-1-3-12(15)16/h1-7H,8H2. The highest BCUT2D eigenvalue weighted by atomic mass is 79.9. The molecule has 0 saturated heterocycles. The lowest BCUT2D eigenvalue weighted by Crippen LogP contribution is -2.18. The monoisotopic (exact) mass is 281 g/mol. The summed E-state index contributed by atoms with van der Waals surface area (Å²) in [5.74, 6) is -0.295. The van der Waals surface area contributed by atoms with E-state index in [1.165, 1.54) is 18.2 Å². The van der Waals surface area contributed by atoms with Crippen LogP contribution in [-0.2, 0) is 6.54 Å². The summed E-state index contributed by atoms with van der Waals surface area (Å²) in [6, 6.07) is 9.42. The van der Waals surface area contributed by atoms with Gasteiger partial charge in [-0.05, 0) is 23.8 Å². The second kappa shape index (κ2) is 4.61. The van der Waals surface area contributed by atoms with Crippen molar-refractivity contribution in [2.75, 3.05) is 0 Å². The molecule has 0 radical (unpaired) electrons. The maximum atomic E-state index is 12.9. The van der Waals surface area contributed by atoms with Crippen molar-refractivity contribution in [3.05, 3.63) is 68.8 Å². The largest absolute Gasteiger partial charge is 0.311 e. The van der Waals surface area contributed by atoms with Gasteiger partial charge in [0.2, 0.25) is 0 Å². The Morgan fingerprint density at radius 1 is 1.25 bits per heavy atom. The maximum Gasteiger partial charge on any atom is 0.250 e. The van der Waals surface area contributed by atoms with Crippen molar-refractivity contribution in [3.8, 4) is 0 Å². The van der Waals surface area contributed by atoms with Crippen LogP contribution < -0.4 is 5.56 Å². The van der Waals surface area contributed by atoms with Gasteiger partial charge in [-0.3, -0.25) is 4.79 Å². The Labute approximate surface area is 100 Å². The lowest BCUT2D eigenvalue weighted by atomic mass is 10.2. The van der Waals surface area contributed by atoms with Crippen LogP contribution in [0.2, 0.25) is 0 Å². The molecule has 82 valence electrons. The molecule has 0 bridgehead atoms. The van der Waals surface area contributed by atoms with Crippen molar-refractivity contribution in [1.82, 2.24) is 4.57 Å². The second-order valence-electron chi connectivity index (χ2n) is 3.40. The van der Waals surface area contributed by atoms with Gasteiger partial charge in [0.05, 0.1) is 6.54 Å². The zero-order valence-corrected chi connectivity index (χ0v) is 9.95. The van der Waals surface area contributed by atoms with E-state index in [-0.39, 0.29) is 11.4 Å². The van der Waals surface area contributed by atoms with Crippen molar-refractivity contribution >= 4 is 15.9 Å². The number of hydrogen-bond acceptors (Lipinski definition) is 1. The van der Waals surface area contributed by atoms with E-state index in [0.717, 1.165) is 5.56 Å². The molecule has 0 fully saturated rings. The molecular formula is C12H9BrFNO. The molecular weight excluding hydrogens is 273 g/mol. The van der Waals surface area contributed by atoms with Gasteiger partial charge in [0.15, 0.2) is 0 Å². The molecule has 1 heterocycles. The number of rotatable bonds is 2. The molecule has 0 aliphatic rings. The molecule has 0 amide bonds. The van der Waals surface area contributed by atoms with Crippen LogP contribution in [0, 0.1) is 5.82 Å². The molecule has 1 aromatic carbocycles. The van der Waals surface area contributed by atoms with Crippen LogP contribution >= 0.6 is 15.9 Å². The van der Waals surface area contributed by atoms with Gasteiger partial charge in [0.1, 0.15) is 5.82 Å². The number of hydrogen-bond donors (Lipinski definition) is 0. The van der Waals surface area contributed by atoms with Gasteiger partial charge in [-0.15, -0.1) is 0 Å². The smallest absolute Gasteiger partial charge is 0.250 e. The average molecular weight is 282 g/mol. The van der Waals surface area contributed by atoms with Gasteiger partial charge >= 0.3 is 0 Å². The molecule has 0 unspecified atom stereocenters. The van der Waals surface area contributed by atoms with E-state index in [4.69, 9.17) is 0 Å². The summed E-state index contributed by atoms with van der Waals surface area (Å²) in [7, 11) is 0. The Hall–Kier alpha value is -1.42. The van der Waals surface area contributed by atoms with E-state index in [9.17, 15) is 9.18 Å². The van der Waals surface area contributed by atoms with Crippen molar-refractivity contribution in [3.63, 3.8) is 0 Å². The predicted octanol–water partition coefficient (Wildman–Crippen LogP) is 2.80. The van der Waals surface area contributed by atoms with Crippen LogP contribution in [0.3, 0.4) is 0 Å². The maximum absolute atomic E-state index is 12.9. The Balaban J connectivity index is 2.35. The average Bonchev–Trinajstić information content (AvgIpc) is 2.25. The van der Waals surface area contributed by atoms with Crippen LogP contribution in [0.15, 0.2) is 51.9 Å². The first-order valence-corrected chi connectivity index (χ1v) is 5.55. The van der Waals surface area contributed by atoms with Gasteiger partial charge in [0.25, 0.3) is 5.56 Å². The highest BCUT2D eigenvalue weighted by Gasteiger charge is 2.03. The fourth-order valence-electron chi connectivity index (χ4n) is 1.42. The number of pyridine rings is 1. The zero-order valence-electron chi connectivity index (χ0n) is 8.36.